The SMILES string of the molecule is CCCCc1nc2ccc(N(CCC)C(=O)NC3CCCCC3)cc2n1Cc1cccc(-c2ccccc2)c1. The van der Waals surface area contributed by atoms with Crippen LogP contribution in [0.15, 0.2) is 72.8 Å². The van der Waals surface area contributed by atoms with Crippen LogP contribution >= 0.6 is 0 Å². The zero-order valence-electron chi connectivity index (χ0n) is 23.5. The molecule has 39 heavy (non-hydrogen) atoms. The number of nitrogens with one attached hydrogen (secondary N) is 1. The second kappa shape index (κ2) is 13.0. The maximum absolute atomic E-state index is 13.4. The quantitative estimate of drug-likeness (QED) is 0.227. The van der Waals surface area contributed by atoms with Crippen LogP contribution < -0.4 is 10.2 Å². The van der Waals surface area contributed by atoms with Crippen LogP contribution in [0.5, 0.6) is 0 Å². The van der Waals surface area contributed by atoms with Crippen molar-refractivity contribution in [3.63, 3.8) is 0 Å². The molecule has 1 aliphatic carbocycles. The Morgan fingerprint density at radius 1 is 0.923 bits per heavy atom. The fourth-order valence-electron chi connectivity index (χ4n) is 5.76. The predicted molar refractivity (Wildman–Crippen MR) is 162 cm³/mol. The molecule has 0 radical (unpaired) electrons. The predicted octanol–water partition coefficient (Wildman–Crippen LogP) is 8.35. The van der Waals surface area contributed by atoms with Gasteiger partial charge in [0.1, 0.15) is 5.82 Å². The highest BCUT2D eigenvalue weighted by Gasteiger charge is 2.22. The van der Waals surface area contributed by atoms with Gasteiger partial charge in [0, 0.05) is 31.2 Å². The molecule has 0 saturated heterocycles. The van der Waals surface area contributed by atoms with Gasteiger partial charge >= 0.3 is 6.03 Å². The lowest BCUT2D eigenvalue weighted by atomic mass is 9.96. The number of nitrogens with zero attached hydrogens (tertiary/aromatic N) is 3. The highest BCUT2D eigenvalue weighted by Crippen LogP contribution is 2.27. The zero-order valence-corrected chi connectivity index (χ0v) is 23.5. The first-order valence-corrected chi connectivity index (χ1v) is 14.9. The number of anilines is 1. The summed E-state index contributed by atoms with van der Waals surface area (Å²) in [4.78, 5) is 20.4. The molecule has 1 saturated carbocycles. The van der Waals surface area contributed by atoms with E-state index in [2.05, 4.69) is 96.5 Å². The summed E-state index contributed by atoms with van der Waals surface area (Å²) in [7, 11) is 0. The van der Waals surface area contributed by atoms with Crippen molar-refractivity contribution < 1.29 is 4.79 Å². The average Bonchev–Trinajstić information content (AvgIpc) is 3.32. The molecule has 204 valence electrons. The van der Waals surface area contributed by atoms with Gasteiger partial charge in [0.15, 0.2) is 0 Å². The van der Waals surface area contributed by atoms with Crippen molar-refractivity contribution in [2.24, 2.45) is 0 Å². The van der Waals surface area contributed by atoms with E-state index in [0.29, 0.717) is 6.54 Å². The van der Waals surface area contributed by atoms with Gasteiger partial charge in [-0.05, 0) is 66.6 Å². The summed E-state index contributed by atoms with van der Waals surface area (Å²) < 4.78 is 2.36. The summed E-state index contributed by atoms with van der Waals surface area (Å²) in [5.74, 6) is 1.11. The monoisotopic (exact) mass is 522 g/mol. The first-order valence-electron chi connectivity index (χ1n) is 14.9. The van der Waals surface area contributed by atoms with Gasteiger partial charge in [-0.15, -0.1) is 0 Å². The van der Waals surface area contributed by atoms with E-state index in [1.54, 1.807) is 0 Å². The third-order valence-electron chi connectivity index (χ3n) is 7.88. The average molecular weight is 523 g/mol. The highest BCUT2D eigenvalue weighted by molar-refractivity contribution is 5.94. The fourth-order valence-corrected chi connectivity index (χ4v) is 5.76. The molecule has 1 heterocycles. The standard InChI is InChI=1S/C34H42N4O/c1-3-5-19-33-36-31-21-20-30(37(22-4-2)34(39)35-29-17-10-7-11-18-29)24-32(31)38(33)25-26-13-12-16-28(23-26)27-14-8-6-9-15-27/h6,8-9,12-16,20-21,23-24,29H,3-5,7,10-11,17-19,22,25H2,1-2H3,(H,35,39). The number of hydrogen-bond donors (Lipinski definition) is 1. The molecule has 0 unspecified atom stereocenters. The normalized spacial score (nSPS) is 14.0. The number of amides is 2. The molecular formula is C34H42N4O. The number of unbranched alkanes of at least 4 members (excludes halogenated alkanes) is 1. The number of aryl methyl sites for hydroxylation is 1. The summed E-state index contributed by atoms with van der Waals surface area (Å²) in [6, 6.07) is 26.0. The van der Waals surface area contributed by atoms with Crippen molar-refractivity contribution in [3.05, 3.63) is 84.2 Å². The number of imidazole rings is 1. The van der Waals surface area contributed by atoms with Crippen LogP contribution in [-0.4, -0.2) is 28.2 Å². The number of aromatic nitrogens is 2. The molecule has 1 fully saturated rings. The van der Waals surface area contributed by atoms with Crippen molar-refractivity contribution in [3.8, 4) is 11.1 Å². The lowest BCUT2D eigenvalue weighted by Gasteiger charge is -2.28. The molecule has 5 nitrogen and oxygen atoms in total. The van der Waals surface area contributed by atoms with Gasteiger partial charge in [-0.3, -0.25) is 4.90 Å². The number of fused-ring (bicyclic) bond motifs is 1. The molecular weight excluding hydrogens is 480 g/mol. The summed E-state index contributed by atoms with van der Waals surface area (Å²) in [5, 5.41) is 3.32. The molecule has 5 rings (SSSR count). The summed E-state index contributed by atoms with van der Waals surface area (Å²) in [5.41, 5.74) is 6.73. The summed E-state index contributed by atoms with van der Waals surface area (Å²) in [6.07, 6.45) is 9.94. The number of carbonyl (C=O) groups is 1. The Morgan fingerprint density at radius 3 is 2.49 bits per heavy atom. The van der Waals surface area contributed by atoms with E-state index in [-0.39, 0.29) is 12.1 Å². The molecule has 1 aromatic heterocycles. The highest BCUT2D eigenvalue weighted by atomic mass is 16.2. The van der Waals surface area contributed by atoms with E-state index in [4.69, 9.17) is 4.98 Å². The number of urea groups is 1. The lowest BCUT2D eigenvalue weighted by Crippen LogP contribution is -2.46. The topological polar surface area (TPSA) is 50.2 Å². The van der Waals surface area contributed by atoms with Crippen molar-refractivity contribution in [2.75, 3.05) is 11.4 Å². The second-order valence-corrected chi connectivity index (χ2v) is 10.9. The van der Waals surface area contributed by atoms with E-state index in [9.17, 15) is 4.79 Å². The maximum atomic E-state index is 13.4. The first-order chi connectivity index (χ1) is 19.2. The Morgan fingerprint density at radius 2 is 1.72 bits per heavy atom. The minimum absolute atomic E-state index is 0.0240. The molecule has 0 bridgehead atoms. The Labute approximate surface area is 233 Å². The van der Waals surface area contributed by atoms with Gasteiger partial charge in [-0.2, -0.15) is 0 Å². The maximum Gasteiger partial charge on any atom is 0.322 e. The number of carbonyl (C=O) groups excluding carboxylic acids is 1. The Hall–Kier alpha value is -3.60. The van der Waals surface area contributed by atoms with Crippen LogP contribution in [0.1, 0.15) is 76.6 Å². The van der Waals surface area contributed by atoms with Gasteiger partial charge in [0.25, 0.3) is 0 Å². The minimum Gasteiger partial charge on any atom is -0.335 e. The van der Waals surface area contributed by atoms with Crippen LogP contribution in [0.4, 0.5) is 10.5 Å². The van der Waals surface area contributed by atoms with Crippen LogP contribution in [0, 0.1) is 0 Å². The Bertz CT molecular complexity index is 1370. The molecule has 1 aliphatic rings. The fraction of sp³-hybridized carbons (Fsp3) is 0.412. The second-order valence-electron chi connectivity index (χ2n) is 10.9. The number of hydrogen-bond acceptors (Lipinski definition) is 2. The van der Waals surface area contributed by atoms with E-state index in [0.717, 1.165) is 67.6 Å². The van der Waals surface area contributed by atoms with Crippen molar-refractivity contribution in [2.45, 2.75) is 84.2 Å². The lowest BCUT2D eigenvalue weighted by molar-refractivity contribution is 0.238. The third-order valence-corrected chi connectivity index (χ3v) is 7.88. The van der Waals surface area contributed by atoms with Crippen molar-refractivity contribution >= 4 is 22.8 Å². The largest absolute Gasteiger partial charge is 0.335 e. The molecule has 2 amide bonds. The molecule has 0 atom stereocenters. The van der Waals surface area contributed by atoms with Crippen molar-refractivity contribution in [1.29, 1.82) is 0 Å². The van der Waals surface area contributed by atoms with Gasteiger partial charge in [0.05, 0.1) is 11.0 Å². The van der Waals surface area contributed by atoms with E-state index >= 15 is 0 Å². The van der Waals surface area contributed by atoms with Gasteiger partial charge in [-0.25, -0.2) is 9.78 Å². The number of rotatable bonds is 10. The smallest absolute Gasteiger partial charge is 0.322 e. The Balaban J connectivity index is 1.48. The first kappa shape index (κ1) is 27.0. The van der Waals surface area contributed by atoms with Crippen molar-refractivity contribution in [1.82, 2.24) is 14.9 Å². The summed E-state index contributed by atoms with van der Waals surface area (Å²) in [6.45, 7) is 5.80. The molecule has 5 heteroatoms. The molecule has 1 N–H and O–H groups in total. The van der Waals surface area contributed by atoms with Gasteiger partial charge < -0.3 is 9.88 Å². The van der Waals surface area contributed by atoms with Crippen LogP contribution in [0.3, 0.4) is 0 Å². The van der Waals surface area contributed by atoms with E-state index in [1.807, 2.05) is 4.90 Å². The van der Waals surface area contributed by atoms with Gasteiger partial charge in [0.2, 0.25) is 0 Å². The molecule has 0 spiro atoms. The Kier molecular flexibility index (Phi) is 8.97. The third kappa shape index (κ3) is 6.52. The molecule has 0 aliphatic heterocycles. The minimum atomic E-state index is 0.0240. The molecule has 4 aromatic rings. The van der Waals surface area contributed by atoms with Crippen LogP contribution in [0.2, 0.25) is 0 Å². The summed E-state index contributed by atoms with van der Waals surface area (Å²) >= 11 is 0. The van der Waals surface area contributed by atoms with Gasteiger partial charge in [-0.1, -0.05) is 88.1 Å². The van der Waals surface area contributed by atoms with E-state index < -0.39 is 0 Å². The van der Waals surface area contributed by atoms with Crippen LogP contribution in [-0.2, 0) is 13.0 Å². The molecule has 3 aromatic carbocycles. The number of benzene rings is 3. The van der Waals surface area contributed by atoms with E-state index in [1.165, 1.54) is 36.0 Å². The zero-order chi connectivity index (χ0) is 27.0. The van der Waals surface area contributed by atoms with Crippen LogP contribution in [0.25, 0.3) is 22.2 Å².